The molecular weight excluding hydrogens is 232 g/mol. The zero-order valence-electron chi connectivity index (χ0n) is 12.8. The van der Waals surface area contributed by atoms with Crippen LogP contribution in [0.3, 0.4) is 0 Å². The van der Waals surface area contributed by atoms with Crippen LogP contribution < -0.4 is 0 Å². The van der Waals surface area contributed by atoms with Gasteiger partial charge in [-0.3, -0.25) is 0 Å². The molecule has 1 unspecified atom stereocenters. The molecule has 104 valence electrons. The third-order valence-electron chi connectivity index (χ3n) is 4.19. The van der Waals surface area contributed by atoms with Crippen LogP contribution in [-0.2, 0) is 11.2 Å². The molecule has 1 atom stereocenters. The lowest BCUT2D eigenvalue weighted by molar-refractivity contribution is 0.118. The van der Waals surface area contributed by atoms with Crippen molar-refractivity contribution in [1.82, 2.24) is 0 Å². The second kappa shape index (κ2) is 6.27. The highest BCUT2D eigenvalue weighted by molar-refractivity contribution is 5.36. The summed E-state index contributed by atoms with van der Waals surface area (Å²) in [4.78, 5) is 0. The molecule has 0 spiro atoms. The smallest absolute Gasteiger partial charge is 0.102 e. The minimum absolute atomic E-state index is 0.362. The number of aryl methyl sites for hydroxylation is 3. The number of benzene rings is 1. The molecule has 0 bridgehead atoms. The van der Waals surface area contributed by atoms with Crippen LogP contribution in [0.25, 0.3) is 0 Å². The van der Waals surface area contributed by atoms with E-state index in [2.05, 4.69) is 39.8 Å². The molecule has 0 radical (unpaired) electrons. The first kappa shape index (κ1) is 14.2. The van der Waals surface area contributed by atoms with E-state index < -0.39 is 0 Å². The lowest BCUT2D eigenvalue weighted by atomic mass is 9.93. The second-order valence-corrected chi connectivity index (χ2v) is 5.89. The van der Waals surface area contributed by atoms with E-state index in [1.54, 1.807) is 0 Å². The summed E-state index contributed by atoms with van der Waals surface area (Å²) >= 11 is 0. The van der Waals surface area contributed by atoms with E-state index in [9.17, 15) is 0 Å². The molecule has 1 aliphatic rings. The van der Waals surface area contributed by atoms with Crippen molar-refractivity contribution in [3.8, 4) is 0 Å². The molecule has 19 heavy (non-hydrogen) atoms. The fourth-order valence-corrected chi connectivity index (χ4v) is 2.81. The van der Waals surface area contributed by atoms with E-state index >= 15 is 0 Å². The largest absolute Gasteiger partial charge is 0.498 e. The monoisotopic (exact) mass is 258 g/mol. The van der Waals surface area contributed by atoms with Gasteiger partial charge in [-0.2, -0.15) is 0 Å². The summed E-state index contributed by atoms with van der Waals surface area (Å²) < 4.78 is 5.91. The van der Waals surface area contributed by atoms with Gasteiger partial charge in [0.2, 0.25) is 0 Å². The number of allylic oxidation sites excluding steroid dienone is 1. The summed E-state index contributed by atoms with van der Waals surface area (Å²) in [6, 6.07) is 4.63. The summed E-state index contributed by atoms with van der Waals surface area (Å²) in [5.41, 5.74) is 7.10. The highest BCUT2D eigenvalue weighted by Crippen LogP contribution is 2.25. The number of hydrogen-bond acceptors (Lipinski definition) is 1. The van der Waals surface area contributed by atoms with Gasteiger partial charge in [0.1, 0.15) is 6.10 Å². The topological polar surface area (TPSA) is 9.23 Å². The van der Waals surface area contributed by atoms with Crippen LogP contribution in [0.1, 0.15) is 54.9 Å². The van der Waals surface area contributed by atoms with Crippen molar-refractivity contribution in [2.24, 2.45) is 0 Å². The van der Waals surface area contributed by atoms with Crippen molar-refractivity contribution in [1.29, 1.82) is 0 Å². The molecule has 0 N–H and O–H groups in total. The first-order valence-corrected chi connectivity index (χ1v) is 7.50. The molecule has 0 aromatic heterocycles. The van der Waals surface area contributed by atoms with E-state index in [1.165, 1.54) is 47.1 Å². The number of rotatable bonds is 4. The Labute approximate surface area is 117 Å². The Morgan fingerprint density at radius 3 is 2.47 bits per heavy atom. The fourth-order valence-electron chi connectivity index (χ4n) is 2.81. The molecule has 1 heteroatoms. The number of ether oxygens (including phenoxy) is 1. The van der Waals surface area contributed by atoms with Gasteiger partial charge in [0.25, 0.3) is 0 Å². The Morgan fingerprint density at radius 1 is 1.11 bits per heavy atom. The third-order valence-corrected chi connectivity index (χ3v) is 4.19. The molecule has 1 aromatic carbocycles. The van der Waals surface area contributed by atoms with Crippen LogP contribution >= 0.6 is 0 Å². The first-order chi connectivity index (χ1) is 9.10. The van der Waals surface area contributed by atoms with Crippen LogP contribution in [0.5, 0.6) is 0 Å². The van der Waals surface area contributed by atoms with Gasteiger partial charge in [0, 0.05) is 6.42 Å². The zero-order chi connectivity index (χ0) is 13.8. The lowest BCUT2D eigenvalue weighted by Gasteiger charge is -2.24. The van der Waals surface area contributed by atoms with E-state index in [0.717, 1.165) is 12.8 Å². The Balaban J connectivity index is 2.01. The predicted molar refractivity (Wildman–Crippen MR) is 81.5 cm³/mol. The molecule has 0 aliphatic carbocycles. The summed E-state index contributed by atoms with van der Waals surface area (Å²) in [5.74, 6) is 0. The van der Waals surface area contributed by atoms with Crippen molar-refractivity contribution < 1.29 is 4.74 Å². The molecule has 1 aliphatic heterocycles. The van der Waals surface area contributed by atoms with Crippen molar-refractivity contribution >= 4 is 0 Å². The van der Waals surface area contributed by atoms with E-state index in [4.69, 9.17) is 4.74 Å². The summed E-state index contributed by atoms with van der Waals surface area (Å²) in [7, 11) is 0. The SMILES string of the molecule is CCCC1=COC(Cc2cc(C)c(C)cc2C)CC1. The maximum absolute atomic E-state index is 5.91. The Hall–Kier alpha value is -1.24. The average molecular weight is 258 g/mol. The molecular formula is C18H26O. The molecule has 0 amide bonds. The maximum atomic E-state index is 5.91. The van der Waals surface area contributed by atoms with Crippen molar-refractivity contribution in [2.75, 3.05) is 0 Å². The van der Waals surface area contributed by atoms with Crippen LogP contribution in [0, 0.1) is 20.8 Å². The summed E-state index contributed by atoms with van der Waals surface area (Å²) in [6.07, 6.45) is 8.21. The van der Waals surface area contributed by atoms with Gasteiger partial charge in [0.05, 0.1) is 6.26 Å². The van der Waals surface area contributed by atoms with Gasteiger partial charge in [-0.15, -0.1) is 0 Å². The quantitative estimate of drug-likeness (QED) is 0.737. The van der Waals surface area contributed by atoms with Crippen LogP contribution in [0.4, 0.5) is 0 Å². The average Bonchev–Trinajstić information content (AvgIpc) is 2.38. The fraction of sp³-hybridized carbons (Fsp3) is 0.556. The molecule has 0 fully saturated rings. The Bertz CT molecular complexity index is 471. The Kier molecular flexibility index (Phi) is 4.68. The van der Waals surface area contributed by atoms with E-state index in [0.29, 0.717) is 6.10 Å². The van der Waals surface area contributed by atoms with Gasteiger partial charge < -0.3 is 4.74 Å². The van der Waals surface area contributed by atoms with Gasteiger partial charge in [-0.1, -0.05) is 25.5 Å². The van der Waals surface area contributed by atoms with Crippen molar-refractivity contribution in [3.63, 3.8) is 0 Å². The van der Waals surface area contributed by atoms with E-state index in [1.807, 2.05) is 6.26 Å². The van der Waals surface area contributed by atoms with Crippen molar-refractivity contribution in [3.05, 3.63) is 46.2 Å². The van der Waals surface area contributed by atoms with Gasteiger partial charge >= 0.3 is 0 Å². The van der Waals surface area contributed by atoms with E-state index in [-0.39, 0.29) is 0 Å². The third kappa shape index (κ3) is 3.62. The predicted octanol–water partition coefficient (Wildman–Crippen LogP) is 5.02. The molecule has 1 aromatic rings. The van der Waals surface area contributed by atoms with Gasteiger partial charge in [0.15, 0.2) is 0 Å². The van der Waals surface area contributed by atoms with Crippen LogP contribution in [0.2, 0.25) is 0 Å². The standard InChI is InChI=1S/C18H26O/c1-5-6-16-7-8-18(19-12-16)11-17-10-14(3)13(2)9-15(17)4/h9-10,12,18H,5-8,11H2,1-4H3. The zero-order valence-corrected chi connectivity index (χ0v) is 12.8. The highest BCUT2D eigenvalue weighted by Gasteiger charge is 2.17. The van der Waals surface area contributed by atoms with Gasteiger partial charge in [-0.25, -0.2) is 0 Å². The van der Waals surface area contributed by atoms with Crippen LogP contribution in [-0.4, -0.2) is 6.10 Å². The van der Waals surface area contributed by atoms with Crippen LogP contribution in [0.15, 0.2) is 24.0 Å². The second-order valence-electron chi connectivity index (χ2n) is 5.89. The number of hydrogen-bond donors (Lipinski definition) is 0. The first-order valence-electron chi connectivity index (χ1n) is 7.50. The summed E-state index contributed by atoms with van der Waals surface area (Å²) in [5, 5.41) is 0. The normalized spacial score (nSPS) is 18.9. The molecule has 0 saturated carbocycles. The Morgan fingerprint density at radius 2 is 1.84 bits per heavy atom. The molecule has 2 rings (SSSR count). The lowest BCUT2D eigenvalue weighted by Crippen LogP contribution is -2.18. The minimum atomic E-state index is 0.362. The minimum Gasteiger partial charge on any atom is -0.498 e. The molecule has 1 nitrogen and oxygen atoms in total. The summed E-state index contributed by atoms with van der Waals surface area (Å²) in [6.45, 7) is 8.82. The van der Waals surface area contributed by atoms with Gasteiger partial charge in [-0.05, 0) is 67.9 Å². The molecule has 0 saturated heterocycles. The highest BCUT2D eigenvalue weighted by atomic mass is 16.5. The molecule has 1 heterocycles. The maximum Gasteiger partial charge on any atom is 0.102 e. The van der Waals surface area contributed by atoms with Crippen molar-refractivity contribution in [2.45, 2.75) is 65.9 Å².